The van der Waals surface area contributed by atoms with Gasteiger partial charge in [-0.3, -0.25) is 4.98 Å². The molecule has 1 aromatic heterocycles. The number of pyridine rings is 1. The highest BCUT2D eigenvalue weighted by Gasteiger charge is 2.24. The molecule has 0 aliphatic carbocycles. The van der Waals surface area contributed by atoms with Crippen molar-refractivity contribution in [1.29, 1.82) is 0 Å². The van der Waals surface area contributed by atoms with Crippen LogP contribution in [0.15, 0.2) is 53.3 Å². The number of aromatic nitrogens is 1. The summed E-state index contributed by atoms with van der Waals surface area (Å²) in [5.41, 5.74) is 4.06. The fourth-order valence-electron chi connectivity index (χ4n) is 2.01. The normalized spacial score (nSPS) is 16.0. The summed E-state index contributed by atoms with van der Waals surface area (Å²) < 4.78 is 5.24. The van der Waals surface area contributed by atoms with Crippen LogP contribution in [-0.4, -0.2) is 16.9 Å². The fraction of sp³-hybridized carbons (Fsp3) is 0.118. The summed E-state index contributed by atoms with van der Waals surface area (Å²) in [5.74, 6) is -0.112. The van der Waals surface area contributed by atoms with E-state index in [-0.39, 0.29) is 5.70 Å². The lowest BCUT2D eigenvalue weighted by molar-refractivity contribution is -0.129. The number of hydrogen-bond acceptors (Lipinski definition) is 4. The van der Waals surface area contributed by atoms with Crippen molar-refractivity contribution in [3.05, 3.63) is 70.7 Å². The molecule has 0 amide bonds. The van der Waals surface area contributed by atoms with Crippen LogP contribution in [0.4, 0.5) is 0 Å². The molecule has 1 aromatic carbocycles. The molecule has 0 unspecified atom stereocenters. The molecule has 104 valence electrons. The van der Waals surface area contributed by atoms with Crippen molar-refractivity contribution in [3.8, 4) is 0 Å². The zero-order valence-electron chi connectivity index (χ0n) is 11.8. The van der Waals surface area contributed by atoms with E-state index in [1.54, 1.807) is 12.3 Å². The maximum Gasteiger partial charge on any atom is 0.363 e. The molecule has 3 rings (SSSR count). The first-order chi connectivity index (χ1) is 10.1. The van der Waals surface area contributed by atoms with Gasteiger partial charge in [-0.1, -0.05) is 12.1 Å². The maximum atomic E-state index is 11.9. The highest BCUT2D eigenvalue weighted by Crippen LogP contribution is 2.20. The van der Waals surface area contributed by atoms with E-state index < -0.39 is 5.97 Å². The number of benzene rings is 1. The van der Waals surface area contributed by atoms with Crippen LogP contribution in [0.3, 0.4) is 0 Å². The summed E-state index contributed by atoms with van der Waals surface area (Å²) in [6.07, 6.45) is 3.29. The Morgan fingerprint density at radius 1 is 1.10 bits per heavy atom. The molecule has 4 heteroatoms. The lowest BCUT2D eigenvalue weighted by atomic mass is 10.1. The summed E-state index contributed by atoms with van der Waals surface area (Å²) in [4.78, 5) is 20.3. The zero-order chi connectivity index (χ0) is 14.8. The molecule has 0 spiro atoms. The number of nitrogens with zero attached hydrogens (tertiary/aromatic N) is 2. The summed E-state index contributed by atoms with van der Waals surface area (Å²) in [6.45, 7) is 4.05. The van der Waals surface area contributed by atoms with E-state index in [0.717, 1.165) is 11.1 Å². The molecule has 0 saturated carbocycles. The number of ether oxygens (including phenoxy) is 1. The third-order valence-corrected chi connectivity index (χ3v) is 3.35. The van der Waals surface area contributed by atoms with Gasteiger partial charge < -0.3 is 4.74 Å². The van der Waals surface area contributed by atoms with Crippen LogP contribution in [0.25, 0.3) is 6.08 Å². The molecule has 0 radical (unpaired) electrons. The Morgan fingerprint density at radius 3 is 2.67 bits per heavy atom. The van der Waals surface area contributed by atoms with E-state index in [9.17, 15) is 4.79 Å². The van der Waals surface area contributed by atoms with Gasteiger partial charge in [-0.05, 0) is 55.3 Å². The number of hydrogen-bond donors (Lipinski definition) is 0. The lowest BCUT2D eigenvalue weighted by Crippen LogP contribution is -2.05. The van der Waals surface area contributed by atoms with Crippen LogP contribution < -0.4 is 0 Å². The minimum absolute atomic E-state index is 0.266. The standard InChI is InChI=1S/C17H14N2O2/c1-11-6-7-13(9-12(11)2)16-19-15(17(20)21-16)10-14-5-3-4-8-18-14/h3-10H,1-2H3/b15-10+. The van der Waals surface area contributed by atoms with Crippen LogP contribution in [0.5, 0.6) is 0 Å². The van der Waals surface area contributed by atoms with Gasteiger partial charge in [0.1, 0.15) is 0 Å². The van der Waals surface area contributed by atoms with Crippen molar-refractivity contribution in [2.24, 2.45) is 4.99 Å². The average molecular weight is 278 g/mol. The number of aliphatic imine (C=N–C) groups is 1. The molecule has 0 atom stereocenters. The molecule has 0 saturated heterocycles. The van der Waals surface area contributed by atoms with Crippen LogP contribution in [0.1, 0.15) is 22.4 Å². The quantitative estimate of drug-likeness (QED) is 0.626. The predicted molar refractivity (Wildman–Crippen MR) is 80.8 cm³/mol. The molecule has 4 nitrogen and oxygen atoms in total. The number of carbonyl (C=O) groups excluding carboxylic acids is 1. The van der Waals surface area contributed by atoms with Gasteiger partial charge in [-0.15, -0.1) is 0 Å². The van der Waals surface area contributed by atoms with Gasteiger partial charge in [0.05, 0.1) is 5.69 Å². The molecule has 1 aliphatic heterocycles. The molecule has 0 fully saturated rings. The molecule has 1 aliphatic rings. The molecule has 21 heavy (non-hydrogen) atoms. The van der Waals surface area contributed by atoms with Crippen molar-refractivity contribution in [2.45, 2.75) is 13.8 Å². The number of cyclic esters (lactones) is 1. The van der Waals surface area contributed by atoms with Crippen molar-refractivity contribution in [1.82, 2.24) is 4.98 Å². The van der Waals surface area contributed by atoms with Crippen molar-refractivity contribution < 1.29 is 9.53 Å². The highest BCUT2D eigenvalue weighted by molar-refractivity contribution is 6.12. The van der Waals surface area contributed by atoms with Gasteiger partial charge in [0.15, 0.2) is 5.70 Å². The van der Waals surface area contributed by atoms with Crippen molar-refractivity contribution >= 4 is 17.9 Å². The van der Waals surface area contributed by atoms with Gasteiger partial charge in [0.25, 0.3) is 0 Å². The molecular weight excluding hydrogens is 264 g/mol. The van der Waals surface area contributed by atoms with Crippen LogP contribution >= 0.6 is 0 Å². The Kier molecular flexibility index (Phi) is 3.36. The summed E-state index contributed by atoms with van der Waals surface area (Å²) >= 11 is 0. The van der Waals surface area contributed by atoms with E-state index in [4.69, 9.17) is 4.74 Å². The Bertz CT molecular complexity index is 762. The van der Waals surface area contributed by atoms with Crippen LogP contribution in [0, 0.1) is 13.8 Å². The molecule has 2 heterocycles. The van der Waals surface area contributed by atoms with Gasteiger partial charge in [-0.2, -0.15) is 0 Å². The molecule has 0 bridgehead atoms. The number of rotatable bonds is 2. The minimum Gasteiger partial charge on any atom is -0.402 e. The minimum atomic E-state index is -0.450. The van der Waals surface area contributed by atoms with Gasteiger partial charge in [0, 0.05) is 11.8 Å². The van der Waals surface area contributed by atoms with E-state index in [0.29, 0.717) is 11.6 Å². The smallest absolute Gasteiger partial charge is 0.363 e. The van der Waals surface area contributed by atoms with E-state index in [2.05, 4.69) is 9.98 Å². The Balaban J connectivity index is 1.95. The van der Waals surface area contributed by atoms with Gasteiger partial charge >= 0.3 is 5.97 Å². The predicted octanol–water partition coefficient (Wildman–Crippen LogP) is 3.04. The third kappa shape index (κ3) is 2.74. The first kappa shape index (κ1) is 13.2. The molecule has 0 N–H and O–H groups in total. The number of aryl methyl sites for hydroxylation is 2. The van der Waals surface area contributed by atoms with Crippen molar-refractivity contribution in [3.63, 3.8) is 0 Å². The zero-order valence-corrected chi connectivity index (χ0v) is 11.8. The summed E-state index contributed by atoms with van der Waals surface area (Å²) in [5, 5.41) is 0. The second kappa shape index (κ2) is 5.32. The van der Waals surface area contributed by atoms with Gasteiger partial charge in [0.2, 0.25) is 5.90 Å². The highest BCUT2D eigenvalue weighted by atomic mass is 16.6. The molecular formula is C17H14N2O2. The largest absolute Gasteiger partial charge is 0.402 e. The second-order valence-corrected chi connectivity index (χ2v) is 4.89. The Hall–Kier alpha value is -2.75. The van der Waals surface area contributed by atoms with E-state index >= 15 is 0 Å². The fourth-order valence-corrected chi connectivity index (χ4v) is 2.01. The first-order valence-electron chi connectivity index (χ1n) is 6.65. The topological polar surface area (TPSA) is 51.5 Å². The van der Waals surface area contributed by atoms with Crippen molar-refractivity contribution in [2.75, 3.05) is 0 Å². The van der Waals surface area contributed by atoms with Crippen LogP contribution in [0.2, 0.25) is 0 Å². The van der Waals surface area contributed by atoms with E-state index in [1.165, 1.54) is 5.56 Å². The van der Waals surface area contributed by atoms with E-state index in [1.807, 2.05) is 50.2 Å². The SMILES string of the molecule is Cc1ccc(C2=N/C(=C/c3ccccn3)C(=O)O2)cc1C. The molecule has 2 aromatic rings. The van der Waals surface area contributed by atoms with Gasteiger partial charge in [-0.25, -0.2) is 9.79 Å². The second-order valence-electron chi connectivity index (χ2n) is 4.89. The summed E-state index contributed by atoms with van der Waals surface area (Å²) in [6, 6.07) is 11.3. The number of carbonyl (C=O) groups is 1. The lowest BCUT2D eigenvalue weighted by Gasteiger charge is -2.03. The maximum absolute atomic E-state index is 11.9. The third-order valence-electron chi connectivity index (χ3n) is 3.35. The monoisotopic (exact) mass is 278 g/mol. The number of esters is 1. The average Bonchev–Trinajstić information content (AvgIpc) is 2.84. The van der Waals surface area contributed by atoms with Crippen LogP contribution in [-0.2, 0) is 9.53 Å². The Morgan fingerprint density at radius 2 is 1.95 bits per heavy atom. The Labute approximate surface area is 122 Å². The first-order valence-corrected chi connectivity index (χ1v) is 6.65. The summed E-state index contributed by atoms with van der Waals surface area (Å²) in [7, 11) is 0.